The van der Waals surface area contributed by atoms with E-state index < -0.39 is 7.29 Å². The Balaban J connectivity index is 2.06. The van der Waals surface area contributed by atoms with Crippen LogP contribution < -0.4 is 15.1 Å². The standard InChI is InChI=1S/C16H17N2O2PS/c1-20-12-11-17-21(19,13-7-3-2-4-8-13)16-18-14-9-5-6-10-15(14)22-16/h2-10H,11-12H2,1H3,(H,17,19)/t21-/m1/s1. The van der Waals surface area contributed by atoms with Crippen LogP contribution in [0.2, 0.25) is 0 Å². The fraction of sp³-hybridized carbons (Fsp3) is 0.188. The van der Waals surface area contributed by atoms with E-state index in [0.717, 1.165) is 15.5 Å². The van der Waals surface area contributed by atoms with Gasteiger partial charge in [0.15, 0.2) is 4.75 Å². The van der Waals surface area contributed by atoms with Crippen LogP contribution in [0.4, 0.5) is 0 Å². The lowest BCUT2D eigenvalue weighted by Gasteiger charge is -2.17. The number of fused-ring (bicyclic) bond motifs is 1. The summed E-state index contributed by atoms with van der Waals surface area (Å²) in [4.78, 5) is 4.59. The van der Waals surface area contributed by atoms with Crippen molar-refractivity contribution in [2.24, 2.45) is 0 Å². The highest BCUT2D eigenvalue weighted by Crippen LogP contribution is 2.40. The number of aromatic nitrogens is 1. The molecule has 114 valence electrons. The van der Waals surface area contributed by atoms with Gasteiger partial charge in [0.2, 0.25) is 7.29 Å². The van der Waals surface area contributed by atoms with Gasteiger partial charge in [0.05, 0.1) is 16.8 Å². The quantitative estimate of drug-likeness (QED) is 0.557. The molecule has 1 heterocycles. The maximum absolute atomic E-state index is 13.6. The van der Waals surface area contributed by atoms with Gasteiger partial charge >= 0.3 is 0 Å². The molecule has 0 aliphatic rings. The maximum atomic E-state index is 13.6. The van der Waals surface area contributed by atoms with Crippen LogP contribution >= 0.6 is 18.6 Å². The summed E-state index contributed by atoms with van der Waals surface area (Å²) in [7, 11) is -1.32. The minimum absolute atomic E-state index is 0.502. The SMILES string of the molecule is COCCN[P@@](=O)(c1ccccc1)c1nc2ccccc2s1. The summed E-state index contributed by atoms with van der Waals surface area (Å²) in [5, 5.41) is 3.94. The molecule has 1 atom stereocenters. The third-order valence-corrected chi connectivity index (χ3v) is 7.53. The van der Waals surface area contributed by atoms with Crippen LogP contribution in [0.1, 0.15) is 0 Å². The van der Waals surface area contributed by atoms with E-state index in [-0.39, 0.29) is 0 Å². The van der Waals surface area contributed by atoms with E-state index in [4.69, 9.17) is 4.74 Å². The van der Waals surface area contributed by atoms with Gasteiger partial charge < -0.3 is 4.74 Å². The normalized spacial score (nSPS) is 14.0. The second-order valence-electron chi connectivity index (χ2n) is 4.81. The van der Waals surface area contributed by atoms with Crippen molar-refractivity contribution in [3.8, 4) is 0 Å². The third-order valence-electron chi connectivity index (χ3n) is 3.31. The van der Waals surface area contributed by atoms with Gasteiger partial charge in [0, 0.05) is 19.0 Å². The predicted octanol–water partition coefficient (Wildman–Crippen LogP) is 2.76. The molecule has 0 unspecified atom stereocenters. The smallest absolute Gasteiger partial charge is 0.232 e. The number of thiazole rings is 1. The fourth-order valence-electron chi connectivity index (χ4n) is 2.21. The van der Waals surface area contributed by atoms with E-state index in [9.17, 15) is 4.57 Å². The lowest BCUT2D eigenvalue weighted by Crippen LogP contribution is -2.29. The number of ether oxygens (including phenoxy) is 1. The second-order valence-corrected chi connectivity index (χ2v) is 8.62. The summed E-state index contributed by atoms with van der Waals surface area (Å²) in [6, 6.07) is 17.3. The highest BCUT2D eigenvalue weighted by molar-refractivity contribution is 7.81. The minimum atomic E-state index is -2.95. The number of methoxy groups -OCH3 is 1. The summed E-state index contributed by atoms with van der Waals surface area (Å²) < 4.78 is 20.4. The van der Waals surface area contributed by atoms with Crippen LogP contribution in [-0.2, 0) is 9.30 Å². The zero-order valence-electron chi connectivity index (χ0n) is 12.2. The molecule has 0 amide bonds. The summed E-state index contributed by atoms with van der Waals surface area (Å²) >= 11 is 1.48. The van der Waals surface area contributed by atoms with Crippen LogP contribution in [0.15, 0.2) is 54.6 Å². The van der Waals surface area contributed by atoms with Crippen molar-refractivity contribution in [3.63, 3.8) is 0 Å². The summed E-state index contributed by atoms with van der Waals surface area (Å²) in [6.07, 6.45) is 0. The van der Waals surface area contributed by atoms with E-state index >= 15 is 0 Å². The Morgan fingerprint density at radius 2 is 1.86 bits per heavy atom. The minimum Gasteiger partial charge on any atom is -0.383 e. The summed E-state index contributed by atoms with van der Waals surface area (Å²) in [5.74, 6) is 0. The van der Waals surface area contributed by atoms with Crippen LogP contribution in [0, 0.1) is 0 Å². The van der Waals surface area contributed by atoms with Crippen molar-refractivity contribution in [1.82, 2.24) is 10.1 Å². The molecule has 0 aliphatic heterocycles. The third kappa shape index (κ3) is 2.99. The highest BCUT2D eigenvalue weighted by atomic mass is 32.1. The van der Waals surface area contributed by atoms with Gasteiger partial charge in [0.1, 0.15) is 0 Å². The summed E-state index contributed by atoms with van der Waals surface area (Å²) in [6.45, 7) is 1.01. The molecule has 0 fully saturated rings. The molecule has 3 aromatic rings. The van der Waals surface area contributed by atoms with Gasteiger partial charge in [-0.25, -0.2) is 4.98 Å². The Kier molecular flexibility index (Phi) is 4.69. The number of nitrogens with zero attached hydrogens (tertiary/aromatic N) is 1. The second kappa shape index (κ2) is 6.71. The van der Waals surface area contributed by atoms with Crippen LogP contribution in [0.25, 0.3) is 10.2 Å². The number of benzene rings is 2. The molecule has 1 N–H and O–H groups in total. The average Bonchev–Trinajstić information content (AvgIpc) is 3.00. The predicted molar refractivity (Wildman–Crippen MR) is 92.8 cm³/mol. The van der Waals surface area contributed by atoms with E-state index in [1.807, 2.05) is 54.6 Å². The molecule has 2 aromatic carbocycles. The van der Waals surface area contributed by atoms with Gasteiger partial charge in [-0.05, 0) is 24.3 Å². The molecule has 0 saturated carbocycles. The van der Waals surface area contributed by atoms with E-state index in [1.165, 1.54) is 11.3 Å². The van der Waals surface area contributed by atoms with Gasteiger partial charge in [-0.3, -0.25) is 9.65 Å². The highest BCUT2D eigenvalue weighted by Gasteiger charge is 2.30. The van der Waals surface area contributed by atoms with Gasteiger partial charge in [-0.1, -0.05) is 30.3 Å². The zero-order valence-corrected chi connectivity index (χ0v) is 13.9. The first-order valence-electron chi connectivity index (χ1n) is 7.00. The Bertz CT molecular complexity index is 771. The average molecular weight is 332 g/mol. The number of nitrogens with one attached hydrogen (secondary N) is 1. The van der Waals surface area contributed by atoms with Crippen molar-refractivity contribution < 1.29 is 9.30 Å². The number of para-hydroxylation sites is 1. The number of rotatable bonds is 6. The largest absolute Gasteiger partial charge is 0.383 e. The topological polar surface area (TPSA) is 51.2 Å². The van der Waals surface area contributed by atoms with Crippen molar-refractivity contribution in [3.05, 3.63) is 54.6 Å². The van der Waals surface area contributed by atoms with E-state index in [0.29, 0.717) is 17.9 Å². The van der Waals surface area contributed by atoms with Crippen molar-refractivity contribution in [2.75, 3.05) is 20.3 Å². The first-order chi connectivity index (χ1) is 10.7. The lowest BCUT2D eigenvalue weighted by molar-refractivity contribution is 0.204. The van der Waals surface area contributed by atoms with Gasteiger partial charge in [-0.15, -0.1) is 11.3 Å². The van der Waals surface area contributed by atoms with Crippen LogP contribution in [0.5, 0.6) is 0 Å². The molecule has 6 heteroatoms. The van der Waals surface area contributed by atoms with E-state index in [1.54, 1.807) is 7.11 Å². The van der Waals surface area contributed by atoms with Crippen molar-refractivity contribution in [2.45, 2.75) is 0 Å². The molecule has 0 aliphatic carbocycles. The first-order valence-corrected chi connectivity index (χ1v) is 9.52. The summed E-state index contributed by atoms with van der Waals surface area (Å²) in [5.41, 5.74) is 0.882. The molecule has 0 radical (unpaired) electrons. The molecule has 22 heavy (non-hydrogen) atoms. The molecular formula is C16H17N2O2PS. The molecule has 1 aromatic heterocycles. The van der Waals surface area contributed by atoms with Crippen molar-refractivity contribution in [1.29, 1.82) is 0 Å². The van der Waals surface area contributed by atoms with Gasteiger partial charge in [0.25, 0.3) is 0 Å². The molecule has 0 spiro atoms. The van der Waals surface area contributed by atoms with E-state index in [2.05, 4.69) is 10.1 Å². The first kappa shape index (κ1) is 15.4. The molecule has 3 rings (SSSR count). The van der Waals surface area contributed by atoms with Crippen molar-refractivity contribution >= 4 is 38.9 Å². The monoisotopic (exact) mass is 332 g/mol. The fourth-order valence-corrected chi connectivity index (χ4v) is 6.02. The molecular weight excluding hydrogens is 315 g/mol. The Morgan fingerprint density at radius 3 is 2.59 bits per heavy atom. The van der Waals surface area contributed by atoms with Crippen LogP contribution in [0.3, 0.4) is 0 Å². The number of hydrogen-bond acceptors (Lipinski definition) is 4. The number of hydrogen-bond donors (Lipinski definition) is 1. The Hall–Kier alpha value is -1.52. The molecule has 0 bridgehead atoms. The van der Waals surface area contributed by atoms with Crippen LogP contribution in [-0.4, -0.2) is 25.2 Å². The Morgan fingerprint density at radius 1 is 1.14 bits per heavy atom. The lowest BCUT2D eigenvalue weighted by atomic mass is 10.3. The molecule has 4 nitrogen and oxygen atoms in total. The maximum Gasteiger partial charge on any atom is 0.232 e. The Labute approximate surface area is 133 Å². The van der Waals surface area contributed by atoms with Gasteiger partial charge in [-0.2, -0.15) is 0 Å². The molecule has 0 saturated heterocycles. The zero-order chi connectivity index (χ0) is 15.4.